The predicted molar refractivity (Wildman–Crippen MR) is 68.3 cm³/mol. The van der Waals surface area contributed by atoms with Gasteiger partial charge in [0, 0.05) is 27.8 Å². The monoisotopic (exact) mass is 300 g/mol. The van der Waals surface area contributed by atoms with Gasteiger partial charge in [-0.25, -0.2) is 0 Å². The average molecular weight is 301 g/mol. The summed E-state index contributed by atoms with van der Waals surface area (Å²) < 4.78 is 3.06. The number of hydrogen-bond donors (Lipinski definition) is 1. The Morgan fingerprint density at radius 2 is 2.44 bits per heavy atom. The van der Waals surface area contributed by atoms with Crippen molar-refractivity contribution in [2.45, 2.75) is 19.5 Å². The van der Waals surface area contributed by atoms with Crippen LogP contribution in [0, 0.1) is 0 Å². The van der Waals surface area contributed by atoms with E-state index in [1.807, 2.05) is 11.6 Å². The van der Waals surface area contributed by atoms with Crippen LogP contribution in [0.4, 0.5) is 0 Å². The van der Waals surface area contributed by atoms with Gasteiger partial charge < -0.3 is 9.88 Å². The normalized spacial score (nSPS) is 12.9. The van der Waals surface area contributed by atoms with E-state index in [9.17, 15) is 0 Å². The number of nitrogens with zero attached hydrogens (tertiary/aromatic N) is 3. The van der Waals surface area contributed by atoms with Gasteiger partial charge in [0.15, 0.2) is 0 Å². The van der Waals surface area contributed by atoms with Gasteiger partial charge in [0.25, 0.3) is 0 Å². The molecule has 2 aromatic heterocycles. The van der Waals surface area contributed by atoms with Crippen molar-refractivity contribution in [3.63, 3.8) is 0 Å². The highest BCUT2D eigenvalue weighted by Crippen LogP contribution is 2.25. The first-order chi connectivity index (χ1) is 7.66. The Hall–Kier alpha value is -0.720. The largest absolute Gasteiger partial charge is 0.320 e. The van der Waals surface area contributed by atoms with E-state index in [0.717, 1.165) is 16.8 Å². The molecule has 2 heterocycles. The first-order valence-corrected chi connectivity index (χ1v) is 6.64. The molecular weight excluding hydrogens is 288 g/mol. The molecule has 0 saturated heterocycles. The Kier molecular flexibility index (Phi) is 3.73. The van der Waals surface area contributed by atoms with Gasteiger partial charge in [0.2, 0.25) is 0 Å². The van der Waals surface area contributed by atoms with Gasteiger partial charge in [0.1, 0.15) is 12.2 Å². The van der Waals surface area contributed by atoms with E-state index in [1.165, 1.54) is 4.88 Å². The highest BCUT2D eigenvalue weighted by atomic mass is 79.9. The zero-order chi connectivity index (χ0) is 11.5. The lowest BCUT2D eigenvalue weighted by molar-refractivity contribution is 0.554. The van der Waals surface area contributed by atoms with Crippen LogP contribution in [0.5, 0.6) is 0 Å². The van der Waals surface area contributed by atoms with Crippen molar-refractivity contribution in [1.29, 1.82) is 0 Å². The fourth-order valence-corrected chi connectivity index (χ4v) is 2.85. The van der Waals surface area contributed by atoms with E-state index in [0.29, 0.717) is 6.04 Å². The summed E-state index contributed by atoms with van der Waals surface area (Å²) in [5.74, 6) is 0.947. The van der Waals surface area contributed by atoms with Crippen LogP contribution in [0.1, 0.15) is 23.7 Å². The fourth-order valence-electron chi connectivity index (χ4n) is 1.37. The Balaban J connectivity index is 1.93. The van der Waals surface area contributed by atoms with Gasteiger partial charge >= 0.3 is 0 Å². The van der Waals surface area contributed by atoms with Crippen molar-refractivity contribution in [3.8, 4) is 0 Å². The molecule has 0 amide bonds. The molecule has 0 spiro atoms. The van der Waals surface area contributed by atoms with Crippen LogP contribution in [0.2, 0.25) is 0 Å². The molecule has 4 nitrogen and oxygen atoms in total. The SMILES string of the molecule is CC(NCc1nncn1C)c1cc(Br)cs1. The molecule has 0 fully saturated rings. The Labute approximate surface area is 107 Å². The van der Waals surface area contributed by atoms with Gasteiger partial charge in [0.05, 0.1) is 6.54 Å². The third-order valence-electron chi connectivity index (χ3n) is 2.39. The summed E-state index contributed by atoms with van der Waals surface area (Å²) in [6.45, 7) is 2.88. The molecule has 1 atom stereocenters. The minimum atomic E-state index is 0.327. The lowest BCUT2D eigenvalue weighted by Crippen LogP contribution is -2.19. The van der Waals surface area contributed by atoms with E-state index in [2.05, 4.69) is 49.8 Å². The number of thiophene rings is 1. The maximum Gasteiger partial charge on any atom is 0.146 e. The maximum absolute atomic E-state index is 4.03. The fraction of sp³-hybridized carbons (Fsp3) is 0.400. The van der Waals surface area contributed by atoms with E-state index in [-0.39, 0.29) is 0 Å². The van der Waals surface area contributed by atoms with E-state index >= 15 is 0 Å². The summed E-state index contributed by atoms with van der Waals surface area (Å²) in [6.07, 6.45) is 1.71. The van der Waals surface area contributed by atoms with Gasteiger partial charge in [-0.15, -0.1) is 21.5 Å². The third kappa shape index (κ3) is 2.69. The minimum absolute atomic E-state index is 0.327. The minimum Gasteiger partial charge on any atom is -0.320 e. The lowest BCUT2D eigenvalue weighted by atomic mass is 10.3. The topological polar surface area (TPSA) is 42.7 Å². The smallest absolute Gasteiger partial charge is 0.146 e. The Bertz CT molecular complexity index is 465. The second-order valence-electron chi connectivity index (χ2n) is 3.63. The highest BCUT2D eigenvalue weighted by molar-refractivity contribution is 9.10. The summed E-state index contributed by atoms with van der Waals surface area (Å²) in [5.41, 5.74) is 0. The van der Waals surface area contributed by atoms with Crippen LogP contribution in [-0.2, 0) is 13.6 Å². The predicted octanol–water partition coefficient (Wildman–Crippen LogP) is 2.49. The van der Waals surface area contributed by atoms with Crippen molar-refractivity contribution >= 4 is 27.3 Å². The number of hydrogen-bond acceptors (Lipinski definition) is 4. The van der Waals surface area contributed by atoms with Gasteiger partial charge in [-0.1, -0.05) is 0 Å². The maximum atomic E-state index is 4.03. The summed E-state index contributed by atoms with van der Waals surface area (Å²) in [4.78, 5) is 1.31. The van der Waals surface area contributed by atoms with Crippen LogP contribution in [0.15, 0.2) is 22.2 Å². The van der Waals surface area contributed by atoms with Crippen LogP contribution in [0.25, 0.3) is 0 Å². The number of rotatable bonds is 4. The van der Waals surface area contributed by atoms with Crippen LogP contribution in [-0.4, -0.2) is 14.8 Å². The standard InChI is InChI=1S/C10H13BrN4S/c1-7(9-3-8(11)5-16-9)12-4-10-14-13-6-15(10)2/h3,5-7,12H,4H2,1-2H3. The summed E-state index contributed by atoms with van der Waals surface area (Å²) in [5, 5.41) is 13.4. The summed E-state index contributed by atoms with van der Waals surface area (Å²) >= 11 is 5.20. The first-order valence-electron chi connectivity index (χ1n) is 4.97. The molecule has 6 heteroatoms. The number of halogens is 1. The van der Waals surface area contributed by atoms with Crippen molar-refractivity contribution in [2.24, 2.45) is 7.05 Å². The van der Waals surface area contributed by atoms with Gasteiger partial charge in [-0.05, 0) is 28.9 Å². The second-order valence-corrected chi connectivity index (χ2v) is 5.49. The zero-order valence-electron chi connectivity index (χ0n) is 9.14. The van der Waals surface area contributed by atoms with Gasteiger partial charge in [-0.2, -0.15) is 0 Å². The van der Waals surface area contributed by atoms with E-state index < -0.39 is 0 Å². The molecule has 86 valence electrons. The molecule has 1 N–H and O–H groups in total. The first kappa shape index (κ1) is 11.8. The molecule has 2 aromatic rings. The van der Waals surface area contributed by atoms with Crippen LogP contribution in [0.3, 0.4) is 0 Å². The van der Waals surface area contributed by atoms with Crippen molar-refractivity contribution < 1.29 is 0 Å². The molecule has 1 unspecified atom stereocenters. The Morgan fingerprint density at radius 1 is 1.62 bits per heavy atom. The highest BCUT2D eigenvalue weighted by Gasteiger charge is 2.08. The molecule has 0 aliphatic heterocycles. The molecule has 16 heavy (non-hydrogen) atoms. The Morgan fingerprint density at radius 3 is 3.00 bits per heavy atom. The van der Waals surface area contributed by atoms with Crippen molar-refractivity contribution in [2.75, 3.05) is 0 Å². The summed E-state index contributed by atoms with van der Waals surface area (Å²) in [7, 11) is 1.95. The van der Waals surface area contributed by atoms with E-state index in [1.54, 1.807) is 17.7 Å². The quantitative estimate of drug-likeness (QED) is 0.943. The average Bonchev–Trinajstić information content (AvgIpc) is 2.84. The summed E-state index contributed by atoms with van der Waals surface area (Å²) in [6, 6.07) is 2.46. The third-order valence-corrected chi connectivity index (χ3v) is 4.26. The molecule has 0 aliphatic rings. The molecule has 0 radical (unpaired) electrons. The van der Waals surface area contributed by atoms with E-state index in [4.69, 9.17) is 0 Å². The number of aryl methyl sites for hydroxylation is 1. The van der Waals surface area contributed by atoms with Crippen molar-refractivity contribution in [1.82, 2.24) is 20.1 Å². The lowest BCUT2D eigenvalue weighted by Gasteiger charge is -2.11. The van der Waals surface area contributed by atoms with Crippen LogP contribution >= 0.6 is 27.3 Å². The molecular formula is C10H13BrN4S. The van der Waals surface area contributed by atoms with Crippen molar-refractivity contribution in [3.05, 3.63) is 32.9 Å². The van der Waals surface area contributed by atoms with Gasteiger partial charge in [-0.3, -0.25) is 0 Å². The molecule has 0 saturated carbocycles. The number of nitrogens with one attached hydrogen (secondary N) is 1. The molecule has 2 rings (SSSR count). The number of aromatic nitrogens is 3. The second kappa shape index (κ2) is 5.07. The molecule has 0 aliphatic carbocycles. The molecule has 0 bridgehead atoms. The zero-order valence-corrected chi connectivity index (χ0v) is 11.5. The van der Waals surface area contributed by atoms with Crippen LogP contribution < -0.4 is 5.32 Å². The molecule has 0 aromatic carbocycles.